The molecular formula is C10H10FNS. The van der Waals surface area contributed by atoms with E-state index in [4.69, 9.17) is 0 Å². The largest absolute Gasteiger partial charge is 0.238 e. The summed E-state index contributed by atoms with van der Waals surface area (Å²) in [6, 6.07) is 3.28. The fraction of sp³-hybridized carbons (Fsp3) is 0.300. The number of benzene rings is 1. The van der Waals surface area contributed by atoms with E-state index >= 15 is 0 Å². The Hall–Kier alpha value is -0.960. The average Bonchev–Trinajstić information content (AvgIpc) is 2.56. The molecule has 0 aliphatic rings. The Kier molecular flexibility index (Phi) is 2.04. The van der Waals surface area contributed by atoms with Crippen molar-refractivity contribution in [1.82, 2.24) is 4.98 Å². The molecule has 2 aromatic rings. The standard InChI is InChI=1S/C10H10FNS/c1-3-8-12-9-7(11)5-4-6(2)10(9)13-8/h4-5H,3H2,1-2H3. The molecule has 1 nitrogen and oxygen atoms in total. The minimum absolute atomic E-state index is 0.212. The normalized spacial score (nSPS) is 11.0. The highest BCUT2D eigenvalue weighted by Gasteiger charge is 2.08. The van der Waals surface area contributed by atoms with Gasteiger partial charge in [0.25, 0.3) is 0 Å². The van der Waals surface area contributed by atoms with Crippen LogP contribution in [0.2, 0.25) is 0 Å². The van der Waals surface area contributed by atoms with Gasteiger partial charge < -0.3 is 0 Å². The minimum atomic E-state index is -0.212. The molecule has 0 saturated carbocycles. The van der Waals surface area contributed by atoms with Crippen LogP contribution in [0.25, 0.3) is 10.2 Å². The highest BCUT2D eigenvalue weighted by Crippen LogP contribution is 2.27. The predicted molar refractivity (Wildman–Crippen MR) is 53.7 cm³/mol. The van der Waals surface area contributed by atoms with Gasteiger partial charge in [-0.25, -0.2) is 9.37 Å². The molecule has 0 unspecified atom stereocenters. The Morgan fingerprint density at radius 2 is 2.23 bits per heavy atom. The van der Waals surface area contributed by atoms with Crippen LogP contribution in [0.3, 0.4) is 0 Å². The first kappa shape index (κ1) is 8.63. The number of halogens is 1. The highest BCUT2D eigenvalue weighted by atomic mass is 32.1. The first-order valence-corrected chi connectivity index (χ1v) is 5.08. The summed E-state index contributed by atoms with van der Waals surface area (Å²) < 4.78 is 14.2. The van der Waals surface area contributed by atoms with Gasteiger partial charge in [-0.3, -0.25) is 0 Å². The van der Waals surface area contributed by atoms with Gasteiger partial charge in [0.2, 0.25) is 0 Å². The van der Waals surface area contributed by atoms with Gasteiger partial charge in [0.1, 0.15) is 11.3 Å². The first-order valence-electron chi connectivity index (χ1n) is 4.27. The molecule has 1 aromatic carbocycles. The predicted octanol–water partition coefficient (Wildman–Crippen LogP) is 3.31. The van der Waals surface area contributed by atoms with Crippen LogP contribution in [0.5, 0.6) is 0 Å². The van der Waals surface area contributed by atoms with Crippen LogP contribution in [0.4, 0.5) is 4.39 Å². The van der Waals surface area contributed by atoms with Crippen molar-refractivity contribution in [3.8, 4) is 0 Å². The van der Waals surface area contributed by atoms with Gasteiger partial charge in [-0.05, 0) is 25.0 Å². The van der Waals surface area contributed by atoms with Crippen molar-refractivity contribution in [2.75, 3.05) is 0 Å². The second-order valence-electron chi connectivity index (χ2n) is 3.00. The van der Waals surface area contributed by atoms with E-state index in [0.29, 0.717) is 5.52 Å². The molecular weight excluding hydrogens is 185 g/mol. The van der Waals surface area contributed by atoms with Crippen LogP contribution in [0, 0.1) is 12.7 Å². The molecule has 0 saturated heterocycles. The minimum Gasteiger partial charge on any atom is -0.238 e. The van der Waals surface area contributed by atoms with E-state index in [9.17, 15) is 4.39 Å². The number of hydrogen-bond donors (Lipinski definition) is 0. The summed E-state index contributed by atoms with van der Waals surface area (Å²) in [5.74, 6) is -0.212. The van der Waals surface area contributed by atoms with E-state index in [2.05, 4.69) is 4.98 Å². The lowest BCUT2D eigenvalue weighted by atomic mass is 10.2. The molecule has 0 fully saturated rings. The quantitative estimate of drug-likeness (QED) is 0.680. The highest BCUT2D eigenvalue weighted by molar-refractivity contribution is 7.18. The van der Waals surface area contributed by atoms with E-state index in [1.165, 1.54) is 6.07 Å². The Morgan fingerprint density at radius 1 is 1.46 bits per heavy atom. The third-order valence-corrected chi connectivity index (χ3v) is 3.37. The number of aryl methyl sites for hydroxylation is 2. The molecule has 1 heterocycles. The second-order valence-corrected chi connectivity index (χ2v) is 4.09. The number of fused-ring (bicyclic) bond motifs is 1. The van der Waals surface area contributed by atoms with E-state index in [0.717, 1.165) is 21.7 Å². The van der Waals surface area contributed by atoms with Crippen molar-refractivity contribution >= 4 is 21.6 Å². The van der Waals surface area contributed by atoms with Gasteiger partial charge in [-0.2, -0.15) is 0 Å². The van der Waals surface area contributed by atoms with Gasteiger partial charge in [-0.15, -0.1) is 11.3 Å². The number of aromatic nitrogens is 1. The van der Waals surface area contributed by atoms with E-state index < -0.39 is 0 Å². The van der Waals surface area contributed by atoms with Gasteiger partial charge in [0.15, 0.2) is 0 Å². The van der Waals surface area contributed by atoms with Gasteiger partial charge in [-0.1, -0.05) is 13.0 Å². The number of hydrogen-bond acceptors (Lipinski definition) is 2. The lowest BCUT2D eigenvalue weighted by molar-refractivity contribution is 0.636. The maximum absolute atomic E-state index is 13.3. The molecule has 3 heteroatoms. The molecule has 0 N–H and O–H groups in total. The molecule has 0 radical (unpaired) electrons. The average molecular weight is 195 g/mol. The third kappa shape index (κ3) is 1.33. The van der Waals surface area contributed by atoms with Crippen LogP contribution in [0.15, 0.2) is 12.1 Å². The summed E-state index contributed by atoms with van der Waals surface area (Å²) in [6.45, 7) is 4.02. The van der Waals surface area contributed by atoms with E-state index in [1.807, 2.05) is 13.8 Å². The lowest BCUT2D eigenvalue weighted by Crippen LogP contribution is -1.80. The SMILES string of the molecule is CCc1nc2c(F)ccc(C)c2s1. The van der Waals surface area contributed by atoms with Crippen molar-refractivity contribution in [3.63, 3.8) is 0 Å². The summed E-state index contributed by atoms with van der Waals surface area (Å²) in [7, 11) is 0. The molecule has 0 amide bonds. The van der Waals surface area contributed by atoms with Crippen molar-refractivity contribution < 1.29 is 4.39 Å². The zero-order valence-corrected chi connectivity index (χ0v) is 8.41. The molecule has 68 valence electrons. The number of nitrogens with zero attached hydrogens (tertiary/aromatic N) is 1. The number of rotatable bonds is 1. The molecule has 13 heavy (non-hydrogen) atoms. The Balaban J connectivity index is 2.80. The topological polar surface area (TPSA) is 12.9 Å². The van der Waals surface area contributed by atoms with Crippen LogP contribution < -0.4 is 0 Å². The van der Waals surface area contributed by atoms with Crippen molar-refractivity contribution in [3.05, 3.63) is 28.5 Å². The van der Waals surface area contributed by atoms with Crippen LogP contribution >= 0.6 is 11.3 Å². The fourth-order valence-corrected chi connectivity index (χ4v) is 2.28. The Labute approximate surface area is 80.2 Å². The smallest absolute Gasteiger partial charge is 0.150 e. The molecule has 0 atom stereocenters. The summed E-state index contributed by atoms with van der Waals surface area (Å²) in [5, 5.41) is 1.00. The van der Waals surface area contributed by atoms with Crippen molar-refractivity contribution in [1.29, 1.82) is 0 Å². The molecule has 1 aromatic heterocycles. The Morgan fingerprint density at radius 3 is 2.85 bits per heavy atom. The van der Waals surface area contributed by atoms with Crippen LogP contribution in [-0.4, -0.2) is 4.98 Å². The maximum atomic E-state index is 13.3. The van der Waals surface area contributed by atoms with Crippen LogP contribution in [0.1, 0.15) is 17.5 Å². The fourth-order valence-electron chi connectivity index (χ4n) is 1.30. The van der Waals surface area contributed by atoms with Gasteiger partial charge in [0.05, 0.1) is 9.71 Å². The molecule has 0 bridgehead atoms. The van der Waals surface area contributed by atoms with Gasteiger partial charge in [0, 0.05) is 0 Å². The Bertz CT molecular complexity index is 408. The molecule has 2 rings (SSSR count). The maximum Gasteiger partial charge on any atom is 0.150 e. The van der Waals surface area contributed by atoms with Crippen LogP contribution in [-0.2, 0) is 6.42 Å². The zero-order valence-electron chi connectivity index (χ0n) is 7.60. The molecule has 0 aliphatic carbocycles. The van der Waals surface area contributed by atoms with Crippen molar-refractivity contribution in [2.45, 2.75) is 20.3 Å². The second kappa shape index (κ2) is 3.07. The van der Waals surface area contributed by atoms with Gasteiger partial charge >= 0.3 is 0 Å². The van der Waals surface area contributed by atoms with E-state index in [1.54, 1.807) is 17.4 Å². The molecule has 0 spiro atoms. The summed E-state index contributed by atoms with van der Waals surface area (Å²) >= 11 is 1.59. The third-order valence-electron chi connectivity index (χ3n) is 2.04. The summed E-state index contributed by atoms with van der Waals surface area (Å²) in [4.78, 5) is 4.24. The number of thiazole rings is 1. The zero-order chi connectivity index (χ0) is 9.42. The summed E-state index contributed by atoms with van der Waals surface area (Å²) in [5.41, 5.74) is 1.63. The monoisotopic (exact) mass is 195 g/mol. The molecule has 0 aliphatic heterocycles. The van der Waals surface area contributed by atoms with Crippen molar-refractivity contribution in [2.24, 2.45) is 0 Å². The lowest BCUT2D eigenvalue weighted by Gasteiger charge is -1.93. The summed E-state index contributed by atoms with van der Waals surface area (Å²) in [6.07, 6.45) is 0.873. The van der Waals surface area contributed by atoms with E-state index in [-0.39, 0.29) is 5.82 Å². The first-order chi connectivity index (χ1) is 6.22.